The van der Waals surface area contributed by atoms with E-state index in [0.717, 1.165) is 10.6 Å². The lowest BCUT2D eigenvalue weighted by atomic mass is 10.2. The molecule has 1 unspecified atom stereocenters. The normalized spacial score (nSPS) is 12.1. The van der Waals surface area contributed by atoms with Gasteiger partial charge in [-0.25, -0.2) is 0 Å². The Balaban J connectivity index is 2.12. The highest BCUT2D eigenvalue weighted by atomic mass is 31.1. The molecule has 0 saturated carbocycles. The summed E-state index contributed by atoms with van der Waals surface area (Å²) in [5.74, 6) is -0.952. The highest BCUT2D eigenvalue weighted by Crippen LogP contribution is 2.49. The third-order valence-electron chi connectivity index (χ3n) is 3.72. The summed E-state index contributed by atoms with van der Waals surface area (Å²) in [5, 5.41) is 24.3. The van der Waals surface area contributed by atoms with Gasteiger partial charge in [0.2, 0.25) is 0 Å². The number of rotatable bonds is 5. The predicted molar refractivity (Wildman–Crippen MR) is 97.1 cm³/mol. The molecule has 0 aliphatic carbocycles. The van der Waals surface area contributed by atoms with Gasteiger partial charge in [-0.2, -0.15) is 0 Å². The van der Waals surface area contributed by atoms with E-state index in [4.69, 9.17) is 0 Å². The van der Waals surface area contributed by atoms with Gasteiger partial charge in [-0.15, -0.1) is 0 Å². The van der Waals surface area contributed by atoms with Gasteiger partial charge in [0.05, 0.1) is 10.5 Å². The minimum absolute atomic E-state index is 0.0515. The first kappa shape index (κ1) is 16.3. The Labute approximate surface area is 141 Å². The third kappa shape index (κ3) is 3.35. The van der Waals surface area contributed by atoms with Crippen molar-refractivity contribution in [3.63, 3.8) is 0 Å². The summed E-state index contributed by atoms with van der Waals surface area (Å²) in [7, 11) is -1.18. The van der Waals surface area contributed by atoms with E-state index in [9.17, 15) is 15.2 Å². The zero-order valence-electron chi connectivity index (χ0n) is 12.8. The highest BCUT2D eigenvalue weighted by Gasteiger charge is 2.29. The molecule has 0 amide bonds. The first-order valence-corrected chi connectivity index (χ1v) is 8.90. The van der Waals surface area contributed by atoms with Crippen LogP contribution in [-0.4, -0.2) is 10.0 Å². The number of benzene rings is 3. The van der Waals surface area contributed by atoms with Crippen LogP contribution in [-0.2, 0) is 0 Å². The number of hydrogen-bond acceptors (Lipinski definition) is 3. The molecule has 3 rings (SSSR count). The van der Waals surface area contributed by atoms with Gasteiger partial charge in [0.25, 0.3) is 5.69 Å². The standard InChI is InChI=1S/C19H16NO3P/c21-19(17-13-7-8-14-18(17)20(22)23)24(15-9-3-1-4-10-15)16-11-5-2-6-12-16/h1-14,19,21H. The molecule has 1 N–H and O–H groups in total. The molecule has 0 fully saturated rings. The van der Waals surface area contributed by atoms with Crippen LogP contribution in [0.15, 0.2) is 84.9 Å². The van der Waals surface area contributed by atoms with Gasteiger partial charge in [-0.1, -0.05) is 72.8 Å². The van der Waals surface area contributed by atoms with Crippen molar-refractivity contribution in [2.24, 2.45) is 0 Å². The highest BCUT2D eigenvalue weighted by molar-refractivity contribution is 7.73. The van der Waals surface area contributed by atoms with Crippen molar-refractivity contribution in [1.82, 2.24) is 0 Å². The van der Waals surface area contributed by atoms with Crippen molar-refractivity contribution in [2.45, 2.75) is 5.85 Å². The summed E-state index contributed by atoms with van der Waals surface area (Å²) in [4.78, 5) is 10.9. The van der Waals surface area contributed by atoms with Crippen molar-refractivity contribution in [3.05, 3.63) is 101 Å². The lowest BCUT2D eigenvalue weighted by molar-refractivity contribution is -0.385. The number of nitro benzene ring substituents is 1. The van der Waals surface area contributed by atoms with Crippen LogP contribution in [0.4, 0.5) is 5.69 Å². The second-order valence-electron chi connectivity index (χ2n) is 5.23. The van der Waals surface area contributed by atoms with Gasteiger partial charge in [0, 0.05) is 6.07 Å². The maximum Gasteiger partial charge on any atom is 0.275 e. The summed E-state index contributed by atoms with van der Waals surface area (Å²) in [6, 6.07) is 25.7. The smallest absolute Gasteiger partial charge is 0.275 e. The van der Waals surface area contributed by atoms with Gasteiger partial charge in [0.15, 0.2) is 0 Å². The van der Waals surface area contributed by atoms with Crippen LogP contribution < -0.4 is 10.6 Å². The molecule has 0 radical (unpaired) electrons. The molecule has 0 aliphatic heterocycles. The van der Waals surface area contributed by atoms with Crippen LogP contribution in [0, 0.1) is 10.1 Å². The summed E-state index contributed by atoms with van der Waals surface area (Å²) < 4.78 is 0. The summed E-state index contributed by atoms with van der Waals surface area (Å²) >= 11 is 0. The number of hydrogen-bond donors (Lipinski definition) is 1. The minimum atomic E-state index is -1.18. The van der Waals surface area contributed by atoms with E-state index in [2.05, 4.69) is 0 Å². The second-order valence-corrected chi connectivity index (χ2v) is 7.49. The summed E-state index contributed by atoms with van der Waals surface area (Å²) in [6.45, 7) is 0. The van der Waals surface area contributed by atoms with Crippen LogP contribution in [0.25, 0.3) is 0 Å². The maximum absolute atomic E-state index is 11.3. The largest absolute Gasteiger partial charge is 0.383 e. The van der Waals surface area contributed by atoms with Gasteiger partial charge >= 0.3 is 0 Å². The van der Waals surface area contributed by atoms with Crippen molar-refractivity contribution >= 4 is 24.2 Å². The lowest BCUT2D eigenvalue weighted by Gasteiger charge is -2.24. The number of nitro groups is 1. The first-order valence-electron chi connectivity index (χ1n) is 7.49. The monoisotopic (exact) mass is 337 g/mol. The molecule has 5 heteroatoms. The number of para-hydroxylation sites is 1. The Hall–Kier alpha value is -2.55. The quantitative estimate of drug-likeness (QED) is 0.438. The Morgan fingerprint density at radius 2 is 1.25 bits per heavy atom. The topological polar surface area (TPSA) is 63.4 Å². The molecular formula is C19H16NO3P. The fourth-order valence-electron chi connectivity index (χ4n) is 2.62. The van der Waals surface area contributed by atoms with E-state index in [1.165, 1.54) is 6.07 Å². The zero-order valence-corrected chi connectivity index (χ0v) is 13.7. The van der Waals surface area contributed by atoms with Crippen molar-refractivity contribution in [2.75, 3.05) is 0 Å². The van der Waals surface area contributed by atoms with Gasteiger partial charge in [-0.05, 0) is 24.6 Å². The molecule has 0 heterocycles. The van der Waals surface area contributed by atoms with Crippen LogP contribution in [0.2, 0.25) is 0 Å². The molecule has 4 nitrogen and oxygen atoms in total. The molecular weight excluding hydrogens is 321 g/mol. The first-order chi connectivity index (χ1) is 11.7. The van der Waals surface area contributed by atoms with Crippen molar-refractivity contribution in [3.8, 4) is 0 Å². The summed E-state index contributed by atoms with van der Waals surface area (Å²) in [5.41, 5.74) is 0.297. The molecule has 0 aliphatic rings. The number of nitrogens with zero attached hydrogens (tertiary/aromatic N) is 1. The lowest BCUT2D eigenvalue weighted by Crippen LogP contribution is -2.17. The fourth-order valence-corrected chi connectivity index (χ4v) is 4.97. The molecule has 0 aromatic heterocycles. The fraction of sp³-hybridized carbons (Fsp3) is 0.0526. The SMILES string of the molecule is O=[N+]([O-])c1ccccc1C(O)P(c1ccccc1)c1ccccc1. The van der Waals surface area contributed by atoms with Crippen LogP contribution in [0.5, 0.6) is 0 Å². The van der Waals surface area contributed by atoms with Crippen LogP contribution in [0.1, 0.15) is 11.4 Å². The van der Waals surface area contributed by atoms with Gasteiger partial charge in [-0.3, -0.25) is 10.1 Å². The number of aliphatic hydroxyl groups is 1. The molecule has 24 heavy (non-hydrogen) atoms. The zero-order chi connectivity index (χ0) is 16.9. The molecule has 3 aromatic rings. The maximum atomic E-state index is 11.3. The van der Waals surface area contributed by atoms with Crippen LogP contribution in [0.3, 0.4) is 0 Å². The van der Waals surface area contributed by atoms with Crippen molar-refractivity contribution < 1.29 is 10.0 Å². The van der Waals surface area contributed by atoms with E-state index < -0.39 is 18.7 Å². The summed E-state index contributed by atoms with van der Waals surface area (Å²) in [6.07, 6.45) is 0. The van der Waals surface area contributed by atoms with E-state index in [-0.39, 0.29) is 5.69 Å². The molecule has 120 valence electrons. The van der Waals surface area contributed by atoms with Gasteiger partial charge in [0.1, 0.15) is 5.85 Å². The molecule has 0 saturated heterocycles. The van der Waals surface area contributed by atoms with E-state index in [1.807, 2.05) is 60.7 Å². The Kier molecular flexibility index (Phi) is 4.99. The average Bonchev–Trinajstić information content (AvgIpc) is 2.63. The molecule has 1 atom stereocenters. The molecule has 0 spiro atoms. The van der Waals surface area contributed by atoms with E-state index >= 15 is 0 Å². The number of aliphatic hydroxyl groups excluding tert-OH is 1. The molecule has 3 aromatic carbocycles. The second kappa shape index (κ2) is 7.35. The average molecular weight is 337 g/mol. The van der Waals surface area contributed by atoms with E-state index in [1.54, 1.807) is 18.2 Å². The Morgan fingerprint density at radius 3 is 1.75 bits per heavy atom. The Morgan fingerprint density at radius 1 is 0.792 bits per heavy atom. The minimum Gasteiger partial charge on any atom is -0.383 e. The van der Waals surface area contributed by atoms with Crippen LogP contribution >= 0.6 is 7.92 Å². The molecule has 0 bridgehead atoms. The van der Waals surface area contributed by atoms with Crippen molar-refractivity contribution in [1.29, 1.82) is 0 Å². The third-order valence-corrected chi connectivity index (χ3v) is 6.20. The van der Waals surface area contributed by atoms with E-state index in [0.29, 0.717) is 5.56 Å². The predicted octanol–water partition coefficient (Wildman–Crippen LogP) is 3.72. The van der Waals surface area contributed by atoms with Gasteiger partial charge < -0.3 is 5.11 Å². The Bertz CT molecular complexity index is 785.